The smallest absolute Gasteiger partial charge is 0.273 e. The van der Waals surface area contributed by atoms with Crippen LogP contribution in [0.25, 0.3) is 0 Å². The van der Waals surface area contributed by atoms with E-state index in [4.69, 9.17) is 0 Å². The molecule has 0 amide bonds. The Kier molecular flexibility index (Phi) is 1.94. The summed E-state index contributed by atoms with van der Waals surface area (Å²) in [7, 11) is 0. The lowest BCUT2D eigenvalue weighted by molar-refractivity contribution is -0.0554. The number of alkyl halides is 3. The number of hydrogen-bond donors (Lipinski definition) is 0. The summed E-state index contributed by atoms with van der Waals surface area (Å²) in [5.74, 6) is 0. The van der Waals surface area contributed by atoms with Crippen molar-refractivity contribution in [2.24, 2.45) is 4.99 Å². The summed E-state index contributed by atoms with van der Waals surface area (Å²) in [6, 6.07) is 0. The average Bonchev–Trinajstić information content (AvgIpc) is 2.11. The fourth-order valence-electron chi connectivity index (χ4n) is 0.633. The van der Waals surface area contributed by atoms with Crippen molar-refractivity contribution in [1.29, 1.82) is 0 Å². The van der Waals surface area contributed by atoms with Gasteiger partial charge in [-0.1, -0.05) is 18.7 Å². The Morgan fingerprint density at radius 1 is 1.60 bits per heavy atom. The maximum absolute atomic E-state index is 11.8. The molecule has 0 aromatic carbocycles. The molecular formula is C5H6F3NS. The molecule has 0 saturated heterocycles. The summed E-state index contributed by atoms with van der Waals surface area (Å²) in [5, 5.41) is -0.698. The molecule has 0 N–H and O–H groups in total. The van der Waals surface area contributed by atoms with Crippen molar-refractivity contribution in [2.45, 2.75) is 18.3 Å². The van der Waals surface area contributed by atoms with Gasteiger partial charge in [0.15, 0.2) is 5.04 Å². The second-order valence-electron chi connectivity index (χ2n) is 2.07. The maximum atomic E-state index is 11.8. The molecule has 0 bridgehead atoms. The number of hydrogen-bond acceptors (Lipinski definition) is 2. The van der Waals surface area contributed by atoms with Gasteiger partial charge in [-0.05, 0) is 0 Å². The van der Waals surface area contributed by atoms with Crippen LogP contribution >= 0.6 is 11.8 Å². The molecule has 0 aromatic heterocycles. The van der Waals surface area contributed by atoms with Crippen LogP contribution in [0.4, 0.5) is 13.2 Å². The van der Waals surface area contributed by atoms with E-state index in [9.17, 15) is 13.2 Å². The van der Waals surface area contributed by atoms with Crippen molar-refractivity contribution in [1.82, 2.24) is 0 Å². The second-order valence-corrected chi connectivity index (χ2v) is 3.50. The maximum Gasteiger partial charge on any atom is 0.439 e. The van der Waals surface area contributed by atoms with Crippen LogP contribution in [0, 0.1) is 0 Å². The molecule has 1 rings (SSSR count). The number of halogens is 3. The highest BCUT2D eigenvalue weighted by Crippen LogP contribution is 2.31. The molecule has 0 aliphatic carbocycles. The monoisotopic (exact) mass is 169 g/mol. The zero-order chi connectivity index (χ0) is 7.78. The highest BCUT2D eigenvalue weighted by Gasteiger charge is 2.39. The van der Waals surface area contributed by atoms with Gasteiger partial charge in [-0.25, -0.2) is 0 Å². The summed E-state index contributed by atoms with van der Waals surface area (Å²) in [6.07, 6.45) is -4.23. The zero-order valence-electron chi connectivity index (χ0n) is 5.27. The van der Waals surface area contributed by atoms with Crippen LogP contribution in [0.3, 0.4) is 0 Å². The van der Waals surface area contributed by atoms with Crippen LogP contribution in [0.1, 0.15) is 6.92 Å². The standard InChI is InChI=1S/C5H6F3NS/c1-3-2-9-4(10-3)5(6,7)8/h3H,2H2,1H3. The summed E-state index contributed by atoms with van der Waals surface area (Å²) in [4.78, 5) is 3.34. The van der Waals surface area contributed by atoms with E-state index in [0.29, 0.717) is 6.54 Å². The second kappa shape index (κ2) is 2.45. The molecule has 0 fully saturated rings. The van der Waals surface area contributed by atoms with Crippen molar-refractivity contribution in [2.75, 3.05) is 6.54 Å². The van der Waals surface area contributed by atoms with Gasteiger partial charge in [0.2, 0.25) is 0 Å². The van der Waals surface area contributed by atoms with Gasteiger partial charge in [0, 0.05) is 5.25 Å². The van der Waals surface area contributed by atoms with E-state index < -0.39 is 11.2 Å². The Labute approximate surface area is 60.7 Å². The van der Waals surface area contributed by atoms with E-state index in [2.05, 4.69) is 4.99 Å². The highest BCUT2D eigenvalue weighted by molar-refractivity contribution is 8.14. The van der Waals surface area contributed by atoms with Gasteiger partial charge < -0.3 is 0 Å². The van der Waals surface area contributed by atoms with Crippen LogP contribution in [0.5, 0.6) is 0 Å². The van der Waals surface area contributed by atoms with Gasteiger partial charge in [-0.15, -0.1) is 0 Å². The van der Waals surface area contributed by atoms with E-state index >= 15 is 0 Å². The van der Waals surface area contributed by atoms with Crippen LogP contribution in [0.2, 0.25) is 0 Å². The summed E-state index contributed by atoms with van der Waals surface area (Å²) in [5.41, 5.74) is 0. The molecule has 58 valence electrons. The normalized spacial score (nSPS) is 26.8. The Bertz CT molecular complexity index is 163. The molecule has 1 nitrogen and oxygen atoms in total. The van der Waals surface area contributed by atoms with Crippen LogP contribution in [-0.4, -0.2) is 23.0 Å². The lowest BCUT2D eigenvalue weighted by Gasteiger charge is -2.04. The number of thioether (sulfide) groups is 1. The fourth-order valence-corrected chi connectivity index (χ4v) is 1.45. The minimum Gasteiger partial charge on any atom is -0.273 e. The molecular weight excluding hydrogens is 163 g/mol. The fraction of sp³-hybridized carbons (Fsp3) is 0.800. The van der Waals surface area contributed by atoms with E-state index in [-0.39, 0.29) is 5.25 Å². The Morgan fingerprint density at radius 2 is 2.20 bits per heavy atom. The topological polar surface area (TPSA) is 12.4 Å². The first-order valence-electron chi connectivity index (χ1n) is 2.78. The number of nitrogens with zero attached hydrogens (tertiary/aromatic N) is 1. The number of rotatable bonds is 0. The minimum absolute atomic E-state index is 0.0170. The van der Waals surface area contributed by atoms with E-state index in [1.165, 1.54) is 0 Å². The first-order chi connectivity index (χ1) is 4.50. The third kappa shape index (κ3) is 1.65. The Morgan fingerprint density at radius 3 is 2.40 bits per heavy atom. The van der Waals surface area contributed by atoms with E-state index in [0.717, 1.165) is 11.8 Å². The van der Waals surface area contributed by atoms with Gasteiger partial charge >= 0.3 is 6.18 Å². The molecule has 5 heteroatoms. The van der Waals surface area contributed by atoms with Crippen molar-refractivity contribution < 1.29 is 13.2 Å². The van der Waals surface area contributed by atoms with Crippen molar-refractivity contribution in [3.63, 3.8) is 0 Å². The van der Waals surface area contributed by atoms with Gasteiger partial charge in [0.05, 0.1) is 6.54 Å². The van der Waals surface area contributed by atoms with E-state index in [1.54, 1.807) is 6.92 Å². The van der Waals surface area contributed by atoms with Gasteiger partial charge in [-0.3, -0.25) is 4.99 Å². The van der Waals surface area contributed by atoms with Crippen LogP contribution in [-0.2, 0) is 0 Å². The van der Waals surface area contributed by atoms with Crippen molar-refractivity contribution in [3.8, 4) is 0 Å². The van der Waals surface area contributed by atoms with Gasteiger partial charge in [0.25, 0.3) is 0 Å². The molecule has 0 spiro atoms. The molecule has 1 unspecified atom stereocenters. The SMILES string of the molecule is CC1CN=C(C(F)(F)F)S1. The third-order valence-corrected chi connectivity index (χ3v) is 2.18. The third-order valence-electron chi connectivity index (χ3n) is 1.05. The predicted octanol–water partition coefficient (Wildman–Crippen LogP) is 2.08. The lowest BCUT2D eigenvalue weighted by Crippen LogP contribution is -2.17. The largest absolute Gasteiger partial charge is 0.439 e. The predicted molar refractivity (Wildman–Crippen MR) is 35.4 cm³/mol. The first-order valence-corrected chi connectivity index (χ1v) is 3.66. The Balaban J connectivity index is 2.60. The van der Waals surface area contributed by atoms with Crippen molar-refractivity contribution in [3.05, 3.63) is 0 Å². The summed E-state index contributed by atoms with van der Waals surface area (Å²) >= 11 is 0.797. The highest BCUT2D eigenvalue weighted by atomic mass is 32.2. The molecule has 0 radical (unpaired) electrons. The Hall–Kier alpha value is -0.190. The first kappa shape index (κ1) is 7.91. The lowest BCUT2D eigenvalue weighted by atomic mass is 10.5. The van der Waals surface area contributed by atoms with Crippen molar-refractivity contribution >= 4 is 16.8 Å². The van der Waals surface area contributed by atoms with Crippen LogP contribution in [0.15, 0.2) is 4.99 Å². The molecule has 1 heterocycles. The molecule has 0 saturated carbocycles. The van der Waals surface area contributed by atoms with Gasteiger partial charge in [0.1, 0.15) is 0 Å². The van der Waals surface area contributed by atoms with Crippen LogP contribution < -0.4 is 0 Å². The number of aliphatic imine (C=N–C) groups is 1. The molecule has 1 aliphatic heterocycles. The molecule has 10 heavy (non-hydrogen) atoms. The average molecular weight is 169 g/mol. The molecule has 1 aliphatic rings. The summed E-state index contributed by atoms with van der Waals surface area (Å²) in [6.45, 7) is 2.02. The molecule has 1 atom stereocenters. The van der Waals surface area contributed by atoms with E-state index in [1.807, 2.05) is 0 Å². The quantitative estimate of drug-likeness (QED) is 0.540. The zero-order valence-corrected chi connectivity index (χ0v) is 6.09. The summed E-state index contributed by atoms with van der Waals surface area (Å²) < 4.78 is 35.3. The minimum atomic E-state index is -4.23. The molecule has 0 aromatic rings. The van der Waals surface area contributed by atoms with Gasteiger partial charge in [-0.2, -0.15) is 13.2 Å².